The van der Waals surface area contributed by atoms with Crippen molar-refractivity contribution < 1.29 is 8.42 Å². The molecule has 0 saturated heterocycles. The molecule has 0 fully saturated rings. The predicted molar refractivity (Wildman–Crippen MR) is 82.8 cm³/mol. The molecule has 2 rings (SSSR count). The fourth-order valence-electron chi connectivity index (χ4n) is 1.88. The van der Waals surface area contributed by atoms with E-state index in [2.05, 4.69) is 15.0 Å². The lowest BCUT2D eigenvalue weighted by Crippen LogP contribution is -2.27. The Labute approximate surface area is 127 Å². The Morgan fingerprint density at radius 2 is 2.15 bits per heavy atom. The van der Waals surface area contributed by atoms with E-state index in [4.69, 9.17) is 0 Å². The second-order valence-corrected chi connectivity index (χ2v) is 7.72. The highest BCUT2D eigenvalue weighted by Gasteiger charge is 2.22. The van der Waals surface area contributed by atoms with Gasteiger partial charge in [0.15, 0.2) is 0 Å². The van der Waals surface area contributed by atoms with Crippen LogP contribution in [-0.2, 0) is 23.0 Å². The molecule has 2 N–H and O–H groups in total. The molecule has 0 saturated carbocycles. The molecule has 8 heteroatoms. The maximum Gasteiger partial charge on any atom is 0.241 e. The average Bonchev–Trinajstić information content (AvgIpc) is 3.00. The third-order valence-electron chi connectivity index (χ3n) is 2.75. The SMILES string of the molecule is CNCc1scc(C)c1S(=O)(=O)NCCc1cscn1. The molecule has 0 aliphatic heterocycles. The van der Waals surface area contributed by atoms with Crippen LogP contribution in [0.4, 0.5) is 0 Å². The number of hydrogen-bond donors (Lipinski definition) is 2. The molecule has 0 atom stereocenters. The Morgan fingerprint density at radius 3 is 2.80 bits per heavy atom. The van der Waals surface area contributed by atoms with Crippen LogP contribution in [-0.4, -0.2) is 27.0 Å². The lowest BCUT2D eigenvalue weighted by molar-refractivity contribution is 0.579. The summed E-state index contributed by atoms with van der Waals surface area (Å²) in [5.41, 5.74) is 3.45. The molecule has 110 valence electrons. The number of sulfonamides is 1. The van der Waals surface area contributed by atoms with Gasteiger partial charge in [-0.15, -0.1) is 22.7 Å². The number of hydrogen-bond acceptors (Lipinski definition) is 6. The predicted octanol–water partition coefficient (Wildman–Crippen LogP) is 1.75. The topological polar surface area (TPSA) is 71.1 Å². The number of aryl methyl sites for hydroxylation is 1. The zero-order chi connectivity index (χ0) is 14.6. The van der Waals surface area contributed by atoms with Gasteiger partial charge in [-0.3, -0.25) is 0 Å². The zero-order valence-electron chi connectivity index (χ0n) is 11.3. The molecule has 0 aliphatic rings. The largest absolute Gasteiger partial charge is 0.315 e. The minimum atomic E-state index is -3.46. The summed E-state index contributed by atoms with van der Waals surface area (Å²) in [6, 6.07) is 0. The van der Waals surface area contributed by atoms with Gasteiger partial charge in [-0.1, -0.05) is 0 Å². The number of rotatable bonds is 7. The van der Waals surface area contributed by atoms with E-state index in [0.29, 0.717) is 24.4 Å². The molecular weight excluding hydrogens is 314 g/mol. The van der Waals surface area contributed by atoms with E-state index in [9.17, 15) is 8.42 Å². The van der Waals surface area contributed by atoms with Gasteiger partial charge in [0, 0.05) is 29.8 Å². The van der Waals surface area contributed by atoms with Crippen molar-refractivity contribution in [2.24, 2.45) is 0 Å². The van der Waals surface area contributed by atoms with E-state index in [1.807, 2.05) is 17.7 Å². The summed E-state index contributed by atoms with van der Waals surface area (Å²) >= 11 is 2.98. The highest BCUT2D eigenvalue weighted by molar-refractivity contribution is 7.89. The second kappa shape index (κ2) is 6.77. The smallest absolute Gasteiger partial charge is 0.241 e. The fraction of sp³-hybridized carbons (Fsp3) is 0.417. The minimum Gasteiger partial charge on any atom is -0.315 e. The normalized spacial score (nSPS) is 11.9. The van der Waals surface area contributed by atoms with Gasteiger partial charge in [-0.05, 0) is 24.9 Å². The van der Waals surface area contributed by atoms with Gasteiger partial charge in [0.2, 0.25) is 10.0 Å². The lowest BCUT2D eigenvalue weighted by Gasteiger charge is -2.08. The van der Waals surface area contributed by atoms with Crippen molar-refractivity contribution in [1.29, 1.82) is 0 Å². The maximum absolute atomic E-state index is 12.4. The number of nitrogens with zero attached hydrogens (tertiary/aromatic N) is 1. The monoisotopic (exact) mass is 331 g/mol. The molecule has 0 aliphatic carbocycles. The molecule has 2 aromatic heterocycles. The van der Waals surface area contributed by atoms with E-state index in [0.717, 1.165) is 16.1 Å². The van der Waals surface area contributed by atoms with Crippen LogP contribution in [0.15, 0.2) is 21.2 Å². The van der Waals surface area contributed by atoms with Crippen molar-refractivity contribution >= 4 is 32.7 Å². The summed E-state index contributed by atoms with van der Waals surface area (Å²) in [6.45, 7) is 2.74. The van der Waals surface area contributed by atoms with Crippen molar-refractivity contribution in [1.82, 2.24) is 15.0 Å². The van der Waals surface area contributed by atoms with E-state index >= 15 is 0 Å². The molecule has 2 heterocycles. The van der Waals surface area contributed by atoms with Crippen molar-refractivity contribution in [2.75, 3.05) is 13.6 Å². The van der Waals surface area contributed by atoms with E-state index < -0.39 is 10.0 Å². The summed E-state index contributed by atoms with van der Waals surface area (Å²) < 4.78 is 27.4. The number of nitrogens with one attached hydrogen (secondary N) is 2. The lowest BCUT2D eigenvalue weighted by atomic mass is 10.3. The van der Waals surface area contributed by atoms with E-state index in [-0.39, 0.29) is 0 Å². The van der Waals surface area contributed by atoms with Gasteiger partial charge in [0.25, 0.3) is 0 Å². The van der Waals surface area contributed by atoms with Crippen molar-refractivity contribution in [2.45, 2.75) is 24.8 Å². The first-order chi connectivity index (χ1) is 9.54. The first-order valence-electron chi connectivity index (χ1n) is 6.13. The van der Waals surface area contributed by atoms with Gasteiger partial charge < -0.3 is 5.32 Å². The molecule has 2 aromatic rings. The molecule has 0 radical (unpaired) electrons. The summed E-state index contributed by atoms with van der Waals surface area (Å²) in [5, 5.41) is 6.80. The first kappa shape index (κ1) is 15.6. The first-order valence-corrected chi connectivity index (χ1v) is 9.43. The van der Waals surface area contributed by atoms with Crippen LogP contribution in [0.2, 0.25) is 0 Å². The summed E-state index contributed by atoms with van der Waals surface area (Å²) in [7, 11) is -1.65. The molecule has 20 heavy (non-hydrogen) atoms. The van der Waals surface area contributed by atoms with Gasteiger partial charge in [0.1, 0.15) is 4.90 Å². The van der Waals surface area contributed by atoms with Crippen molar-refractivity contribution in [3.8, 4) is 0 Å². The van der Waals surface area contributed by atoms with Gasteiger partial charge in [-0.2, -0.15) is 0 Å². The standard InChI is InChI=1S/C12H17N3O2S3/c1-9-6-19-11(5-13-2)12(9)20(16,17)15-4-3-10-7-18-8-14-10/h6-8,13,15H,3-5H2,1-2H3. The second-order valence-electron chi connectivity index (χ2n) is 4.33. The number of aromatic nitrogens is 1. The van der Waals surface area contributed by atoms with Crippen LogP contribution < -0.4 is 10.0 Å². The van der Waals surface area contributed by atoms with Crippen LogP contribution in [0.1, 0.15) is 16.1 Å². The van der Waals surface area contributed by atoms with Gasteiger partial charge in [-0.25, -0.2) is 18.1 Å². The molecule has 0 bridgehead atoms. The number of thiazole rings is 1. The van der Waals surface area contributed by atoms with Crippen LogP contribution in [0.5, 0.6) is 0 Å². The summed E-state index contributed by atoms with van der Waals surface area (Å²) in [6.07, 6.45) is 0.604. The Morgan fingerprint density at radius 1 is 1.35 bits per heavy atom. The average molecular weight is 331 g/mol. The van der Waals surface area contributed by atoms with Crippen molar-refractivity contribution in [3.63, 3.8) is 0 Å². The van der Waals surface area contributed by atoms with Crippen LogP contribution in [0.25, 0.3) is 0 Å². The molecule has 5 nitrogen and oxygen atoms in total. The molecule has 0 unspecified atom stereocenters. The quantitative estimate of drug-likeness (QED) is 0.811. The van der Waals surface area contributed by atoms with E-state index in [1.165, 1.54) is 22.7 Å². The van der Waals surface area contributed by atoms with E-state index in [1.54, 1.807) is 12.6 Å². The van der Waals surface area contributed by atoms with Crippen LogP contribution in [0.3, 0.4) is 0 Å². The highest BCUT2D eigenvalue weighted by atomic mass is 32.2. The Hall–Kier alpha value is -0.800. The highest BCUT2D eigenvalue weighted by Crippen LogP contribution is 2.26. The summed E-state index contributed by atoms with van der Waals surface area (Å²) in [4.78, 5) is 5.39. The minimum absolute atomic E-state index is 0.361. The Kier molecular flexibility index (Phi) is 5.28. The molecular formula is C12H17N3O2S3. The summed E-state index contributed by atoms with van der Waals surface area (Å²) in [5.74, 6) is 0. The molecule has 0 amide bonds. The molecule has 0 spiro atoms. The third kappa shape index (κ3) is 3.64. The van der Waals surface area contributed by atoms with Crippen molar-refractivity contribution in [3.05, 3.63) is 32.4 Å². The third-order valence-corrected chi connectivity index (χ3v) is 6.31. The van der Waals surface area contributed by atoms with Crippen LogP contribution in [0, 0.1) is 6.92 Å². The number of thiophene rings is 1. The van der Waals surface area contributed by atoms with Gasteiger partial charge in [0.05, 0.1) is 11.2 Å². The molecule has 0 aromatic carbocycles. The van der Waals surface area contributed by atoms with Gasteiger partial charge >= 0.3 is 0 Å². The fourth-order valence-corrected chi connectivity index (χ4v) is 5.32. The Bertz CT molecular complexity index is 648. The Balaban J connectivity index is 2.08. The maximum atomic E-state index is 12.4. The van der Waals surface area contributed by atoms with Crippen LogP contribution >= 0.6 is 22.7 Å². The zero-order valence-corrected chi connectivity index (χ0v) is 13.8.